The molecule has 166 valence electrons. The lowest BCUT2D eigenvalue weighted by Crippen LogP contribution is -2.45. The maximum absolute atomic E-state index is 13.1. The first kappa shape index (κ1) is 23.2. The number of aryl methyl sites for hydroxylation is 1. The summed E-state index contributed by atoms with van der Waals surface area (Å²) in [5.74, 6) is -1.50. The van der Waals surface area contributed by atoms with Gasteiger partial charge in [-0.2, -0.15) is 4.31 Å². The third-order valence-corrected chi connectivity index (χ3v) is 7.46. The molecule has 0 bridgehead atoms. The van der Waals surface area contributed by atoms with Crippen molar-refractivity contribution >= 4 is 39.1 Å². The summed E-state index contributed by atoms with van der Waals surface area (Å²) in [7, 11) is -3.66. The van der Waals surface area contributed by atoms with Crippen molar-refractivity contribution in [2.24, 2.45) is 0 Å². The van der Waals surface area contributed by atoms with E-state index < -0.39 is 21.8 Å². The molecule has 1 atom stereocenters. The van der Waals surface area contributed by atoms with Crippen LogP contribution in [0.1, 0.15) is 31.2 Å². The number of carbonyl (C=O) groups is 2. The normalized spacial score (nSPS) is 17.2. The van der Waals surface area contributed by atoms with E-state index >= 15 is 0 Å². The lowest BCUT2D eigenvalue weighted by molar-refractivity contribution is -0.136. The predicted octanol–water partition coefficient (Wildman–Crippen LogP) is 3.34. The van der Waals surface area contributed by atoms with Gasteiger partial charge >= 0.3 is 11.8 Å². The fourth-order valence-electron chi connectivity index (χ4n) is 3.66. The van der Waals surface area contributed by atoms with Crippen LogP contribution in [0.15, 0.2) is 53.4 Å². The number of anilines is 1. The number of halogens is 1. The summed E-state index contributed by atoms with van der Waals surface area (Å²) >= 11 is 5.88. The number of nitrogens with zero attached hydrogens (tertiary/aromatic N) is 1. The number of amides is 2. The number of nitrogens with one attached hydrogen (secondary N) is 2. The Labute approximate surface area is 187 Å². The molecule has 0 aliphatic carbocycles. The van der Waals surface area contributed by atoms with Gasteiger partial charge in [0, 0.05) is 29.8 Å². The number of piperidine rings is 1. The van der Waals surface area contributed by atoms with Crippen molar-refractivity contribution in [3.05, 3.63) is 59.1 Å². The van der Waals surface area contributed by atoms with E-state index in [4.69, 9.17) is 11.6 Å². The lowest BCUT2D eigenvalue weighted by Gasteiger charge is -2.34. The molecule has 0 saturated carbocycles. The number of benzene rings is 2. The third-order valence-electron chi connectivity index (χ3n) is 5.24. The molecule has 0 aromatic heterocycles. The summed E-state index contributed by atoms with van der Waals surface area (Å²) in [6.45, 7) is 2.53. The summed E-state index contributed by atoms with van der Waals surface area (Å²) in [4.78, 5) is 24.4. The number of hydrogen-bond donors (Lipinski definition) is 2. The molecule has 0 radical (unpaired) electrons. The second-order valence-electron chi connectivity index (χ2n) is 7.59. The summed E-state index contributed by atoms with van der Waals surface area (Å²) < 4.78 is 27.7. The van der Waals surface area contributed by atoms with E-state index in [2.05, 4.69) is 10.6 Å². The van der Waals surface area contributed by atoms with E-state index in [0.717, 1.165) is 18.4 Å². The van der Waals surface area contributed by atoms with Gasteiger partial charge in [0.25, 0.3) is 0 Å². The second kappa shape index (κ2) is 10.3. The van der Waals surface area contributed by atoms with Crippen LogP contribution in [0.3, 0.4) is 0 Å². The number of sulfonamides is 1. The van der Waals surface area contributed by atoms with Crippen LogP contribution in [-0.4, -0.2) is 43.7 Å². The molecule has 0 spiro atoms. The average molecular weight is 464 g/mol. The van der Waals surface area contributed by atoms with Crippen LogP contribution in [0.2, 0.25) is 5.02 Å². The second-order valence-corrected chi connectivity index (χ2v) is 9.91. The Kier molecular flexibility index (Phi) is 7.69. The molecule has 31 heavy (non-hydrogen) atoms. The van der Waals surface area contributed by atoms with Crippen molar-refractivity contribution in [3.63, 3.8) is 0 Å². The quantitative estimate of drug-likeness (QED) is 0.642. The zero-order valence-corrected chi connectivity index (χ0v) is 18.9. The van der Waals surface area contributed by atoms with E-state index in [-0.39, 0.29) is 17.5 Å². The predicted molar refractivity (Wildman–Crippen MR) is 120 cm³/mol. The first-order chi connectivity index (χ1) is 14.8. The summed E-state index contributed by atoms with van der Waals surface area (Å²) in [5, 5.41) is 5.63. The highest BCUT2D eigenvalue weighted by atomic mass is 35.5. The summed E-state index contributed by atoms with van der Waals surface area (Å²) in [6.07, 6.45) is 2.84. The Bertz CT molecular complexity index is 1040. The molecule has 1 saturated heterocycles. The summed E-state index contributed by atoms with van der Waals surface area (Å²) in [5.41, 5.74) is 1.52. The first-order valence-electron chi connectivity index (χ1n) is 10.2. The Morgan fingerprint density at radius 2 is 1.84 bits per heavy atom. The molecule has 1 aliphatic rings. The van der Waals surface area contributed by atoms with E-state index in [1.807, 2.05) is 13.0 Å². The smallest absolute Gasteiger partial charge is 0.313 e. The maximum atomic E-state index is 13.1. The van der Waals surface area contributed by atoms with E-state index in [1.54, 1.807) is 30.3 Å². The molecule has 1 fully saturated rings. The molecule has 1 unspecified atom stereocenters. The van der Waals surface area contributed by atoms with Crippen molar-refractivity contribution in [3.8, 4) is 0 Å². The first-order valence-corrected chi connectivity index (χ1v) is 12.0. The van der Waals surface area contributed by atoms with Gasteiger partial charge in [0.05, 0.1) is 4.90 Å². The van der Waals surface area contributed by atoms with Crippen LogP contribution >= 0.6 is 11.6 Å². The zero-order chi connectivity index (χ0) is 22.4. The summed E-state index contributed by atoms with van der Waals surface area (Å²) in [6, 6.07) is 13.0. The van der Waals surface area contributed by atoms with Crippen molar-refractivity contribution in [2.75, 3.05) is 18.4 Å². The van der Waals surface area contributed by atoms with Crippen molar-refractivity contribution < 1.29 is 18.0 Å². The number of carbonyl (C=O) groups excluding carboxylic acids is 2. The Balaban J connectivity index is 1.57. The SMILES string of the molecule is Cc1cccc(NC(=O)C(=O)NCCC2CCCCN2S(=O)(=O)c2ccc(Cl)cc2)c1. The molecule has 1 aliphatic heterocycles. The number of rotatable bonds is 6. The molecule has 2 N–H and O–H groups in total. The Morgan fingerprint density at radius 1 is 1.10 bits per heavy atom. The lowest BCUT2D eigenvalue weighted by atomic mass is 10.0. The monoisotopic (exact) mass is 463 g/mol. The maximum Gasteiger partial charge on any atom is 0.313 e. The van der Waals surface area contributed by atoms with Gasteiger partial charge in [-0.1, -0.05) is 30.2 Å². The van der Waals surface area contributed by atoms with E-state index in [1.165, 1.54) is 16.4 Å². The van der Waals surface area contributed by atoms with Gasteiger partial charge < -0.3 is 10.6 Å². The number of hydrogen-bond acceptors (Lipinski definition) is 4. The van der Waals surface area contributed by atoms with Gasteiger partial charge in [-0.3, -0.25) is 9.59 Å². The molecule has 9 heteroatoms. The van der Waals surface area contributed by atoms with Gasteiger partial charge in [0.2, 0.25) is 10.0 Å². The fourth-order valence-corrected chi connectivity index (χ4v) is 5.51. The highest BCUT2D eigenvalue weighted by Gasteiger charge is 2.33. The Morgan fingerprint density at radius 3 is 2.55 bits per heavy atom. The van der Waals surface area contributed by atoms with Crippen molar-refractivity contribution in [1.29, 1.82) is 0 Å². The fraction of sp³-hybridized carbons (Fsp3) is 0.364. The van der Waals surface area contributed by atoms with Crippen molar-refractivity contribution in [2.45, 2.75) is 43.5 Å². The molecule has 1 heterocycles. The standard InChI is InChI=1S/C22H26ClN3O4S/c1-16-5-4-6-18(15-16)25-22(28)21(27)24-13-12-19-7-2-3-14-26(19)31(29,30)20-10-8-17(23)9-11-20/h4-6,8-11,15,19H,2-3,7,12-14H2,1H3,(H,24,27)(H,25,28). The largest absolute Gasteiger partial charge is 0.348 e. The van der Waals surface area contributed by atoms with Crippen molar-refractivity contribution in [1.82, 2.24) is 9.62 Å². The minimum absolute atomic E-state index is 0.199. The molecule has 2 aromatic rings. The molecule has 2 aromatic carbocycles. The molecule has 7 nitrogen and oxygen atoms in total. The molecule has 3 rings (SSSR count). The van der Waals surface area contributed by atoms with Gasteiger partial charge in [-0.05, 0) is 68.1 Å². The van der Waals surface area contributed by atoms with Crippen LogP contribution in [0.25, 0.3) is 0 Å². The third kappa shape index (κ3) is 6.06. The van der Waals surface area contributed by atoms with Gasteiger partial charge in [0.15, 0.2) is 0 Å². The zero-order valence-electron chi connectivity index (χ0n) is 17.3. The molecular formula is C22H26ClN3O4S. The highest BCUT2D eigenvalue weighted by molar-refractivity contribution is 7.89. The van der Waals surface area contributed by atoms with Crippen LogP contribution in [0, 0.1) is 6.92 Å². The Hall–Kier alpha value is -2.42. The highest BCUT2D eigenvalue weighted by Crippen LogP contribution is 2.27. The topological polar surface area (TPSA) is 95.6 Å². The average Bonchev–Trinajstić information content (AvgIpc) is 2.74. The van der Waals surface area contributed by atoms with Gasteiger partial charge in [-0.15, -0.1) is 0 Å². The van der Waals surface area contributed by atoms with Crippen LogP contribution in [0.5, 0.6) is 0 Å². The minimum atomic E-state index is -3.66. The van der Waals surface area contributed by atoms with Crippen LogP contribution < -0.4 is 10.6 Å². The minimum Gasteiger partial charge on any atom is -0.348 e. The van der Waals surface area contributed by atoms with Gasteiger partial charge in [0.1, 0.15) is 0 Å². The van der Waals surface area contributed by atoms with Gasteiger partial charge in [-0.25, -0.2) is 8.42 Å². The van der Waals surface area contributed by atoms with Crippen LogP contribution in [-0.2, 0) is 19.6 Å². The van der Waals surface area contributed by atoms with E-state index in [0.29, 0.717) is 30.1 Å². The molecule has 2 amide bonds. The van der Waals surface area contributed by atoms with Crippen LogP contribution in [0.4, 0.5) is 5.69 Å². The molecular weight excluding hydrogens is 438 g/mol. The van der Waals surface area contributed by atoms with E-state index in [9.17, 15) is 18.0 Å².